The highest BCUT2D eigenvalue weighted by molar-refractivity contribution is 5.54. The van der Waals surface area contributed by atoms with Gasteiger partial charge in [0.1, 0.15) is 5.82 Å². The largest absolute Gasteiger partial charge is 0.389 e. The second kappa shape index (κ2) is 5.21. The highest BCUT2D eigenvalue weighted by Crippen LogP contribution is 2.26. The lowest BCUT2D eigenvalue weighted by molar-refractivity contribution is 0.156. The fraction of sp³-hybridized carbons (Fsp3) is 0.455. The minimum atomic E-state index is -2.48. The van der Waals surface area contributed by atoms with Crippen molar-refractivity contribution in [3.05, 3.63) is 29.6 Å². The monoisotopic (exact) mass is 233 g/mol. The Morgan fingerprint density at radius 3 is 2.50 bits per heavy atom. The van der Waals surface area contributed by atoms with E-state index in [2.05, 4.69) is 0 Å². The van der Waals surface area contributed by atoms with Gasteiger partial charge in [0.05, 0.1) is 12.6 Å². The lowest BCUT2D eigenvalue weighted by Gasteiger charge is -2.23. The van der Waals surface area contributed by atoms with E-state index >= 15 is 0 Å². The number of rotatable bonds is 4. The summed E-state index contributed by atoms with van der Waals surface area (Å²) in [5, 5.41) is 9.43. The summed E-state index contributed by atoms with van der Waals surface area (Å²) in [7, 11) is 1.48. The molecule has 0 amide bonds. The van der Waals surface area contributed by atoms with Crippen molar-refractivity contribution in [1.29, 1.82) is 0 Å². The third-order valence-corrected chi connectivity index (χ3v) is 2.26. The van der Waals surface area contributed by atoms with E-state index in [0.717, 1.165) is 6.07 Å². The molecule has 0 spiro atoms. The average molecular weight is 233 g/mol. The Bertz CT molecular complexity index is 355. The number of benzene rings is 1. The van der Waals surface area contributed by atoms with E-state index in [1.807, 2.05) is 0 Å². The summed E-state index contributed by atoms with van der Waals surface area (Å²) < 4.78 is 37.4. The molecule has 0 aromatic heterocycles. The van der Waals surface area contributed by atoms with Crippen molar-refractivity contribution in [2.45, 2.75) is 19.5 Å². The zero-order valence-electron chi connectivity index (χ0n) is 9.12. The van der Waals surface area contributed by atoms with Crippen molar-refractivity contribution >= 4 is 5.69 Å². The van der Waals surface area contributed by atoms with Crippen molar-refractivity contribution in [3.8, 4) is 0 Å². The first-order valence-electron chi connectivity index (χ1n) is 4.88. The molecule has 0 aliphatic rings. The average Bonchev–Trinajstić information content (AvgIpc) is 2.16. The summed E-state index contributed by atoms with van der Waals surface area (Å²) in [6, 6.07) is 3.73. The number of hydrogen-bond donors (Lipinski definition) is 1. The number of anilines is 1. The van der Waals surface area contributed by atoms with Gasteiger partial charge < -0.3 is 10.0 Å². The molecule has 1 rings (SSSR count). The summed E-state index contributed by atoms with van der Waals surface area (Å²) in [6.07, 6.45) is -3.37. The molecule has 0 bridgehead atoms. The molecule has 0 radical (unpaired) electrons. The predicted octanol–water partition coefficient (Wildman–Crippen LogP) is 2.58. The molecule has 0 saturated heterocycles. The van der Waals surface area contributed by atoms with Gasteiger partial charge in [0.15, 0.2) is 0 Å². The van der Waals surface area contributed by atoms with Gasteiger partial charge in [0.25, 0.3) is 6.43 Å². The molecule has 90 valence electrons. The maximum absolute atomic E-state index is 13.0. The molecule has 1 aromatic carbocycles. The number of aliphatic hydroxyl groups is 1. The van der Waals surface area contributed by atoms with Crippen LogP contribution in [0.15, 0.2) is 18.2 Å². The fourth-order valence-corrected chi connectivity index (χ4v) is 1.51. The third-order valence-electron chi connectivity index (χ3n) is 2.26. The Balaban J connectivity index is 3.02. The molecule has 16 heavy (non-hydrogen) atoms. The molecule has 0 aliphatic carbocycles. The summed E-state index contributed by atoms with van der Waals surface area (Å²) in [4.78, 5) is 1.30. The number of hydrogen-bond acceptors (Lipinski definition) is 2. The van der Waals surface area contributed by atoms with Crippen LogP contribution in [0, 0.1) is 5.82 Å². The molecule has 5 heteroatoms. The van der Waals surface area contributed by atoms with E-state index < -0.39 is 24.9 Å². The van der Waals surface area contributed by atoms with Crippen LogP contribution in [0.2, 0.25) is 0 Å². The molecule has 1 N–H and O–H groups in total. The zero-order valence-corrected chi connectivity index (χ0v) is 9.12. The minimum Gasteiger partial charge on any atom is -0.389 e. The third kappa shape index (κ3) is 3.13. The summed E-state index contributed by atoms with van der Waals surface area (Å²) >= 11 is 0. The topological polar surface area (TPSA) is 23.5 Å². The summed E-state index contributed by atoms with van der Waals surface area (Å²) in [6.45, 7) is 1.01. The quantitative estimate of drug-likeness (QED) is 0.864. The van der Waals surface area contributed by atoms with Crippen LogP contribution in [-0.2, 0) is 0 Å². The Kier molecular flexibility index (Phi) is 4.18. The van der Waals surface area contributed by atoms with Crippen LogP contribution in [0.4, 0.5) is 18.9 Å². The molecular formula is C11H14F3NO. The molecule has 0 unspecified atom stereocenters. The van der Waals surface area contributed by atoms with Gasteiger partial charge in [-0.2, -0.15) is 0 Å². The SMILES string of the molecule is C[C@@H](O)c1cc(F)ccc1N(C)CC(F)F. The van der Waals surface area contributed by atoms with Crippen molar-refractivity contribution < 1.29 is 18.3 Å². The van der Waals surface area contributed by atoms with Gasteiger partial charge in [0.2, 0.25) is 0 Å². The molecule has 1 aromatic rings. The first kappa shape index (κ1) is 12.8. The Labute approximate surface area is 92.3 Å². The van der Waals surface area contributed by atoms with Crippen LogP contribution in [-0.4, -0.2) is 25.1 Å². The molecule has 0 aliphatic heterocycles. The number of aliphatic hydroxyl groups excluding tert-OH is 1. The van der Waals surface area contributed by atoms with Gasteiger partial charge in [-0.05, 0) is 25.1 Å². The van der Waals surface area contributed by atoms with Crippen LogP contribution in [0.25, 0.3) is 0 Å². The van der Waals surface area contributed by atoms with Crippen molar-refractivity contribution in [1.82, 2.24) is 0 Å². The van der Waals surface area contributed by atoms with Crippen LogP contribution in [0.5, 0.6) is 0 Å². The van der Waals surface area contributed by atoms with Gasteiger partial charge in [-0.1, -0.05) is 0 Å². The van der Waals surface area contributed by atoms with Crippen LogP contribution in [0.1, 0.15) is 18.6 Å². The minimum absolute atomic E-state index is 0.308. The van der Waals surface area contributed by atoms with Crippen LogP contribution < -0.4 is 4.90 Å². The molecule has 0 fully saturated rings. The Morgan fingerprint density at radius 2 is 2.00 bits per heavy atom. The molecule has 0 saturated carbocycles. The van der Waals surface area contributed by atoms with E-state index in [1.165, 1.54) is 31.0 Å². The highest BCUT2D eigenvalue weighted by atomic mass is 19.3. The van der Waals surface area contributed by atoms with Crippen molar-refractivity contribution in [2.75, 3.05) is 18.5 Å². The Morgan fingerprint density at radius 1 is 1.38 bits per heavy atom. The highest BCUT2D eigenvalue weighted by Gasteiger charge is 2.15. The number of alkyl halides is 2. The standard InChI is InChI=1S/C11H14F3NO/c1-7(16)9-5-8(12)3-4-10(9)15(2)6-11(13)14/h3-5,7,11,16H,6H2,1-2H3/t7-/m1/s1. The van der Waals surface area contributed by atoms with Gasteiger partial charge >= 0.3 is 0 Å². The van der Waals surface area contributed by atoms with Crippen molar-refractivity contribution in [2.24, 2.45) is 0 Å². The summed E-state index contributed by atoms with van der Waals surface area (Å²) in [5.41, 5.74) is 0.722. The van der Waals surface area contributed by atoms with E-state index in [0.29, 0.717) is 11.3 Å². The van der Waals surface area contributed by atoms with Crippen LogP contribution in [0.3, 0.4) is 0 Å². The maximum atomic E-state index is 13.0. The number of nitrogens with zero attached hydrogens (tertiary/aromatic N) is 1. The van der Waals surface area contributed by atoms with Crippen LogP contribution >= 0.6 is 0 Å². The van der Waals surface area contributed by atoms with Gasteiger partial charge in [-0.3, -0.25) is 0 Å². The molecule has 0 heterocycles. The van der Waals surface area contributed by atoms with E-state index in [4.69, 9.17) is 0 Å². The fourth-order valence-electron chi connectivity index (χ4n) is 1.51. The van der Waals surface area contributed by atoms with E-state index in [1.54, 1.807) is 0 Å². The molecular weight excluding hydrogens is 219 g/mol. The predicted molar refractivity (Wildman–Crippen MR) is 56.3 cm³/mol. The number of halogens is 3. The van der Waals surface area contributed by atoms with Gasteiger partial charge in [-0.25, -0.2) is 13.2 Å². The van der Waals surface area contributed by atoms with Gasteiger partial charge in [-0.15, -0.1) is 0 Å². The maximum Gasteiger partial charge on any atom is 0.255 e. The lowest BCUT2D eigenvalue weighted by atomic mass is 10.1. The Hall–Kier alpha value is -1.23. The molecule has 1 atom stereocenters. The smallest absolute Gasteiger partial charge is 0.255 e. The zero-order chi connectivity index (χ0) is 12.3. The lowest BCUT2D eigenvalue weighted by Crippen LogP contribution is -2.25. The first-order valence-corrected chi connectivity index (χ1v) is 4.88. The van der Waals surface area contributed by atoms with Crippen molar-refractivity contribution in [3.63, 3.8) is 0 Å². The first-order chi connectivity index (χ1) is 7.41. The second-order valence-electron chi connectivity index (χ2n) is 3.65. The molecule has 2 nitrogen and oxygen atoms in total. The van der Waals surface area contributed by atoms with Gasteiger partial charge in [0, 0.05) is 18.3 Å². The van der Waals surface area contributed by atoms with E-state index in [-0.39, 0.29) is 0 Å². The second-order valence-corrected chi connectivity index (χ2v) is 3.65. The van der Waals surface area contributed by atoms with E-state index in [9.17, 15) is 18.3 Å². The summed E-state index contributed by atoms with van der Waals surface area (Å²) in [5.74, 6) is -0.495. The normalized spacial score (nSPS) is 12.9.